The summed E-state index contributed by atoms with van der Waals surface area (Å²) >= 11 is 5.89. The first-order valence-corrected chi connectivity index (χ1v) is 9.03. The van der Waals surface area contributed by atoms with E-state index >= 15 is 0 Å². The summed E-state index contributed by atoms with van der Waals surface area (Å²) in [5.74, 6) is 1.38. The number of hydrogen-bond acceptors (Lipinski definition) is 2. The van der Waals surface area contributed by atoms with Crippen LogP contribution in [0.4, 0.5) is 0 Å². The van der Waals surface area contributed by atoms with Gasteiger partial charge in [0.1, 0.15) is 5.75 Å². The molecule has 2 aromatic rings. The molecule has 0 aliphatic heterocycles. The zero-order valence-corrected chi connectivity index (χ0v) is 15.8. The van der Waals surface area contributed by atoms with Gasteiger partial charge in [-0.05, 0) is 54.2 Å². The van der Waals surface area contributed by atoms with Crippen molar-refractivity contribution in [3.63, 3.8) is 0 Å². The lowest BCUT2D eigenvalue weighted by molar-refractivity contribution is -0.121. The Labute approximate surface area is 155 Å². The molecule has 1 atom stereocenters. The Morgan fingerprint density at radius 1 is 1.08 bits per heavy atom. The van der Waals surface area contributed by atoms with E-state index in [1.54, 1.807) is 7.11 Å². The molecular weight excluding hydrogens is 334 g/mol. The number of nitrogens with one attached hydrogen (secondary N) is 1. The third kappa shape index (κ3) is 6.43. The number of benzene rings is 2. The molecule has 0 aliphatic rings. The molecule has 0 radical (unpaired) electrons. The van der Waals surface area contributed by atoms with Crippen LogP contribution >= 0.6 is 11.6 Å². The van der Waals surface area contributed by atoms with Crippen molar-refractivity contribution < 1.29 is 9.53 Å². The molecule has 0 heterocycles. The van der Waals surface area contributed by atoms with Crippen LogP contribution in [-0.4, -0.2) is 13.0 Å². The first-order chi connectivity index (χ1) is 12.0. The highest BCUT2D eigenvalue weighted by atomic mass is 35.5. The summed E-state index contributed by atoms with van der Waals surface area (Å²) in [5.41, 5.74) is 2.22. The van der Waals surface area contributed by atoms with Crippen molar-refractivity contribution >= 4 is 17.5 Å². The van der Waals surface area contributed by atoms with Gasteiger partial charge in [0, 0.05) is 11.4 Å². The monoisotopic (exact) mass is 359 g/mol. The maximum absolute atomic E-state index is 12.4. The molecule has 2 rings (SSSR count). The normalized spacial score (nSPS) is 12.0. The molecule has 0 saturated heterocycles. The molecule has 1 amide bonds. The maximum Gasteiger partial charge on any atom is 0.220 e. The van der Waals surface area contributed by atoms with Crippen LogP contribution in [0.2, 0.25) is 5.02 Å². The zero-order valence-electron chi connectivity index (χ0n) is 15.1. The van der Waals surface area contributed by atoms with Crippen molar-refractivity contribution in [2.24, 2.45) is 5.92 Å². The summed E-state index contributed by atoms with van der Waals surface area (Å²) in [6, 6.07) is 15.6. The van der Waals surface area contributed by atoms with E-state index in [2.05, 4.69) is 19.2 Å². The molecule has 134 valence electrons. The predicted molar refractivity (Wildman–Crippen MR) is 103 cm³/mol. The third-order valence-corrected chi connectivity index (χ3v) is 4.37. The lowest BCUT2D eigenvalue weighted by Crippen LogP contribution is -2.29. The van der Waals surface area contributed by atoms with E-state index in [0.29, 0.717) is 23.8 Å². The Bertz CT molecular complexity index is 665. The minimum absolute atomic E-state index is 0.0172. The topological polar surface area (TPSA) is 38.3 Å². The summed E-state index contributed by atoms with van der Waals surface area (Å²) in [4.78, 5) is 12.4. The predicted octanol–water partition coefficient (Wildman–Crippen LogP) is 5.18. The molecule has 25 heavy (non-hydrogen) atoms. The number of carbonyl (C=O) groups is 1. The van der Waals surface area contributed by atoms with Crippen molar-refractivity contribution in [3.05, 3.63) is 64.7 Å². The summed E-state index contributed by atoms with van der Waals surface area (Å²) in [6.45, 7) is 4.33. The van der Waals surface area contributed by atoms with Gasteiger partial charge >= 0.3 is 0 Å². The number of carbonyl (C=O) groups excluding carboxylic acids is 1. The quantitative estimate of drug-likeness (QED) is 0.704. The van der Waals surface area contributed by atoms with Crippen LogP contribution in [0.3, 0.4) is 0 Å². The molecule has 1 N–H and O–H groups in total. The van der Waals surface area contributed by atoms with E-state index in [1.807, 2.05) is 48.5 Å². The summed E-state index contributed by atoms with van der Waals surface area (Å²) in [6.07, 6.45) is 2.07. The van der Waals surface area contributed by atoms with Crippen molar-refractivity contribution in [3.8, 4) is 5.75 Å². The lowest BCUT2D eigenvalue weighted by Gasteiger charge is -2.21. The average Bonchev–Trinajstić information content (AvgIpc) is 2.60. The van der Waals surface area contributed by atoms with E-state index in [1.165, 1.54) is 0 Å². The largest absolute Gasteiger partial charge is 0.497 e. The van der Waals surface area contributed by atoms with Crippen LogP contribution in [0, 0.1) is 5.92 Å². The highest BCUT2D eigenvalue weighted by molar-refractivity contribution is 6.30. The van der Waals surface area contributed by atoms with Crippen LogP contribution in [-0.2, 0) is 11.2 Å². The van der Waals surface area contributed by atoms with E-state index in [9.17, 15) is 4.79 Å². The van der Waals surface area contributed by atoms with Crippen molar-refractivity contribution in [2.75, 3.05) is 7.11 Å². The second-order valence-corrected chi connectivity index (χ2v) is 7.09. The smallest absolute Gasteiger partial charge is 0.220 e. The van der Waals surface area contributed by atoms with Gasteiger partial charge in [-0.1, -0.05) is 49.7 Å². The van der Waals surface area contributed by atoms with Gasteiger partial charge in [0.05, 0.1) is 13.2 Å². The Kier molecular flexibility index (Phi) is 7.32. The number of ether oxygens (including phenoxy) is 1. The molecular formula is C21H26ClNO2. The van der Waals surface area contributed by atoms with Crippen LogP contribution in [0.5, 0.6) is 5.75 Å². The molecule has 1 unspecified atom stereocenters. The second-order valence-electron chi connectivity index (χ2n) is 6.65. The summed E-state index contributed by atoms with van der Waals surface area (Å²) < 4.78 is 5.21. The van der Waals surface area contributed by atoms with Gasteiger partial charge in [-0.15, -0.1) is 0 Å². The number of aryl methyl sites for hydroxylation is 1. The fourth-order valence-corrected chi connectivity index (χ4v) is 2.89. The molecule has 4 heteroatoms. The molecule has 2 aromatic carbocycles. The number of amides is 1. The van der Waals surface area contributed by atoms with Crippen molar-refractivity contribution in [2.45, 2.75) is 39.2 Å². The first-order valence-electron chi connectivity index (χ1n) is 8.65. The third-order valence-electron chi connectivity index (χ3n) is 4.11. The Morgan fingerprint density at radius 3 is 2.28 bits per heavy atom. The van der Waals surface area contributed by atoms with E-state index in [4.69, 9.17) is 16.3 Å². The first kappa shape index (κ1) is 19.3. The second kappa shape index (κ2) is 9.47. The van der Waals surface area contributed by atoms with Crippen LogP contribution < -0.4 is 10.1 Å². The molecule has 3 nitrogen and oxygen atoms in total. The summed E-state index contributed by atoms with van der Waals surface area (Å²) in [5, 5.41) is 3.89. The van der Waals surface area contributed by atoms with Crippen molar-refractivity contribution in [1.29, 1.82) is 0 Å². The number of methoxy groups -OCH3 is 1. The average molecular weight is 360 g/mol. The zero-order chi connectivity index (χ0) is 18.2. The molecule has 0 spiro atoms. The Hall–Kier alpha value is -2.00. The lowest BCUT2D eigenvalue weighted by atomic mass is 9.96. The minimum atomic E-state index is 0.0172. The highest BCUT2D eigenvalue weighted by Crippen LogP contribution is 2.24. The number of halogens is 1. The van der Waals surface area contributed by atoms with Gasteiger partial charge in [-0.25, -0.2) is 0 Å². The Balaban J connectivity index is 1.97. The standard InChI is InChI=1S/C21H26ClNO2/c1-15(2)14-20(17-7-11-19(25-3)12-8-17)23-21(24)13-6-16-4-9-18(22)10-5-16/h4-5,7-12,15,20H,6,13-14H2,1-3H3,(H,23,24). The van der Waals surface area contributed by atoms with Gasteiger partial charge in [0.25, 0.3) is 0 Å². The van der Waals surface area contributed by atoms with E-state index in [0.717, 1.165) is 23.3 Å². The molecule has 0 fully saturated rings. The van der Waals surface area contributed by atoms with Crippen LogP contribution in [0.1, 0.15) is 43.9 Å². The molecule has 0 aliphatic carbocycles. The molecule has 0 saturated carbocycles. The maximum atomic E-state index is 12.4. The van der Waals surface area contributed by atoms with Crippen LogP contribution in [0.25, 0.3) is 0 Å². The SMILES string of the molecule is COc1ccc(C(CC(C)C)NC(=O)CCc2ccc(Cl)cc2)cc1. The van der Waals surface area contributed by atoms with E-state index in [-0.39, 0.29) is 11.9 Å². The van der Waals surface area contributed by atoms with Crippen molar-refractivity contribution in [1.82, 2.24) is 5.32 Å². The summed E-state index contributed by atoms with van der Waals surface area (Å²) in [7, 11) is 1.65. The Morgan fingerprint density at radius 2 is 1.72 bits per heavy atom. The van der Waals surface area contributed by atoms with Gasteiger partial charge in [-0.2, -0.15) is 0 Å². The minimum Gasteiger partial charge on any atom is -0.497 e. The van der Waals surface area contributed by atoms with Gasteiger partial charge in [0.15, 0.2) is 0 Å². The van der Waals surface area contributed by atoms with Gasteiger partial charge < -0.3 is 10.1 Å². The van der Waals surface area contributed by atoms with Gasteiger partial charge in [0.2, 0.25) is 5.91 Å². The van der Waals surface area contributed by atoms with E-state index < -0.39 is 0 Å². The molecule has 0 aromatic heterocycles. The fourth-order valence-electron chi connectivity index (χ4n) is 2.76. The highest BCUT2D eigenvalue weighted by Gasteiger charge is 2.16. The van der Waals surface area contributed by atoms with Crippen LogP contribution in [0.15, 0.2) is 48.5 Å². The molecule has 0 bridgehead atoms. The number of hydrogen-bond donors (Lipinski definition) is 1. The van der Waals surface area contributed by atoms with Gasteiger partial charge in [-0.3, -0.25) is 4.79 Å². The fraction of sp³-hybridized carbons (Fsp3) is 0.381. The number of rotatable bonds is 8.